The molecule has 1 amide bonds. The van der Waals surface area contributed by atoms with Crippen molar-refractivity contribution in [2.75, 3.05) is 13.1 Å². The minimum Gasteiger partial charge on any atom is -0.352 e. The molecule has 1 aromatic carbocycles. The van der Waals surface area contributed by atoms with Gasteiger partial charge in [0.1, 0.15) is 0 Å². The first kappa shape index (κ1) is 13.8. The fraction of sp³-hybridized carbons (Fsp3) is 0.462. The fourth-order valence-electron chi connectivity index (χ4n) is 1.65. The highest BCUT2D eigenvalue weighted by Crippen LogP contribution is 2.21. The Kier molecular flexibility index (Phi) is 5.03. The van der Waals surface area contributed by atoms with Crippen molar-refractivity contribution < 1.29 is 4.79 Å². The van der Waals surface area contributed by atoms with Crippen LogP contribution in [-0.4, -0.2) is 25.0 Å². The second kappa shape index (κ2) is 6.55. The lowest BCUT2D eigenvalue weighted by Gasteiger charge is -2.07. The van der Waals surface area contributed by atoms with Crippen LogP contribution < -0.4 is 10.6 Å². The molecule has 3 nitrogen and oxygen atoms in total. The average Bonchev–Trinajstić information content (AvgIpc) is 3.12. The Labute approximate surface area is 120 Å². The zero-order chi connectivity index (χ0) is 13.0. The van der Waals surface area contributed by atoms with Crippen molar-refractivity contribution in [2.24, 2.45) is 0 Å². The predicted molar refractivity (Wildman–Crippen MR) is 77.1 cm³/mol. The van der Waals surface area contributed by atoms with Crippen LogP contribution in [0.1, 0.15) is 29.6 Å². The summed E-state index contributed by atoms with van der Waals surface area (Å²) in [6, 6.07) is 5.90. The van der Waals surface area contributed by atoms with Gasteiger partial charge in [-0.2, -0.15) is 0 Å². The standard InChI is InChI=1S/C13H16BrClN2O/c14-12-8-9(15)2-5-11(12)13(18)17-7-1-6-16-10-3-4-10/h2,5,8,10,16H,1,3-4,6-7H2,(H,17,18). The zero-order valence-corrected chi connectivity index (χ0v) is 12.4. The molecule has 1 saturated carbocycles. The number of carbonyl (C=O) groups excluding carboxylic acids is 1. The van der Waals surface area contributed by atoms with Crippen LogP contribution in [0.5, 0.6) is 0 Å². The van der Waals surface area contributed by atoms with Crippen LogP contribution >= 0.6 is 27.5 Å². The van der Waals surface area contributed by atoms with Crippen molar-refractivity contribution >= 4 is 33.4 Å². The van der Waals surface area contributed by atoms with E-state index < -0.39 is 0 Å². The van der Waals surface area contributed by atoms with E-state index in [1.807, 2.05) is 0 Å². The summed E-state index contributed by atoms with van der Waals surface area (Å²) in [7, 11) is 0. The first-order valence-corrected chi connectivity index (χ1v) is 7.30. The van der Waals surface area contributed by atoms with E-state index in [-0.39, 0.29) is 5.91 Å². The summed E-state index contributed by atoms with van der Waals surface area (Å²) in [4.78, 5) is 11.9. The van der Waals surface area contributed by atoms with Crippen LogP contribution in [0.3, 0.4) is 0 Å². The molecule has 0 bridgehead atoms. The van der Waals surface area contributed by atoms with E-state index in [9.17, 15) is 4.79 Å². The molecule has 1 aliphatic carbocycles. The van der Waals surface area contributed by atoms with Gasteiger partial charge in [0.25, 0.3) is 5.91 Å². The minimum atomic E-state index is -0.0648. The van der Waals surface area contributed by atoms with E-state index in [1.165, 1.54) is 12.8 Å². The van der Waals surface area contributed by atoms with Gasteiger partial charge in [0.2, 0.25) is 0 Å². The maximum Gasteiger partial charge on any atom is 0.252 e. The van der Waals surface area contributed by atoms with Crippen molar-refractivity contribution in [3.05, 3.63) is 33.3 Å². The molecule has 0 saturated heterocycles. The highest BCUT2D eigenvalue weighted by Gasteiger charge is 2.19. The molecule has 0 atom stereocenters. The van der Waals surface area contributed by atoms with Crippen molar-refractivity contribution in [3.63, 3.8) is 0 Å². The van der Waals surface area contributed by atoms with E-state index in [0.717, 1.165) is 23.5 Å². The van der Waals surface area contributed by atoms with Crippen LogP contribution in [0, 0.1) is 0 Å². The third kappa shape index (κ3) is 4.26. The molecule has 1 fully saturated rings. The molecule has 18 heavy (non-hydrogen) atoms. The van der Waals surface area contributed by atoms with Crippen LogP contribution in [0.2, 0.25) is 5.02 Å². The lowest BCUT2D eigenvalue weighted by atomic mass is 10.2. The Morgan fingerprint density at radius 2 is 2.17 bits per heavy atom. The van der Waals surface area contributed by atoms with Crippen molar-refractivity contribution in [1.82, 2.24) is 10.6 Å². The van der Waals surface area contributed by atoms with E-state index in [4.69, 9.17) is 11.6 Å². The van der Waals surface area contributed by atoms with E-state index in [0.29, 0.717) is 17.1 Å². The third-order valence-corrected chi connectivity index (χ3v) is 3.72. The van der Waals surface area contributed by atoms with E-state index in [2.05, 4.69) is 26.6 Å². The Balaban J connectivity index is 1.72. The lowest BCUT2D eigenvalue weighted by Crippen LogP contribution is -2.28. The number of hydrogen-bond acceptors (Lipinski definition) is 2. The smallest absolute Gasteiger partial charge is 0.252 e. The number of nitrogens with one attached hydrogen (secondary N) is 2. The number of carbonyl (C=O) groups is 1. The van der Waals surface area contributed by atoms with Crippen LogP contribution in [0.15, 0.2) is 22.7 Å². The molecule has 2 rings (SSSR count). The first-order valence-electron chi connectivity index (χ1n) is 6.13. The highest BCUT2D eigenvalue weighted by atomic mass is 79.9. The van der Waals surface area contributed by atoms with Crippen LogP contribution in [0.25, 0.3) is 0 Å². The molecular formula is C13H16BrClN2O. The highest BCUT2D eigenvalue weighted by molar-refractivity contribution is 9.10. The van der Waals surface area contributed by atoms with E-state index in [1.54, 1.807) is 18.2 Å². The number of benzene rings is 1. The van der Waals surface area contributed by atoms with Gasteiger partial charge in [-0.25, -0.2) is 0 Å². The molecule has 1 aliphatic rings. The topological polar surface area (TPSA) is 41.1 Å². The zero-order valence-electron chi connectivity index (χ0n) is 10.0. The maximum atomic E-state index is 11.9. The Morgan fingerprint density at radius 3 is 2.83 bits per heavy atom. The van der Waals surface area contributed by atoms with Crippen LogP contribution in [0.4, 0.5) is 0 Å². The van der Waals surface area contributed by atoms with Gasteiger partial charge in [0, 0.05) is 22.1 Å². The van der Waals surface area contributed by atoms with Gasteiger partial charge in [0.15, 0.2) is 0 Å². The number of halogens is 2. The summed E-state index contributed by atoms with van der Waals surface area (Å²) in [6.45, 7) is 1.65. The number of rotatable bonds is 6. The van der Waals surface area contributed by atoms with Gasteiger partial charge in [-0.1, -0.05) is 11.6 Å². The van der Waals surface area contributed by atoms with Gasteiger partial charge in [-0.3, -0.25) is 4.79 Å². The second-order valence-electron chi connectivity index (χ2n) is 4.46. The molecule has 0 heterocycles. The molecule has 0 radical (unpaired) electrons. The second-order valence-corrected chi connectivity index (χ2v) is 5.75. The summed E-state index contributed by atoms with van der Waals surface area (Å²) >= 11 is 9.17. The van der Waals surface area contributed by atoms with Gasteiger partial charge >= 0.3 is 0 Å². The van der Waals surface area contributed by atoms with Gasteiger partial charge in [-0.05, 0) is 59.9 Å². The molecule has 1 aromatic rings. The molecule has 2 N–H and O–H groups in total. The number of amides is 1. The fourth-order valence-corrected chi connectivity index (χ4v) is 2.52. The first-order chi connectivity index (χ1) is 8.66. The molecule has 0 unspecified atom stereocenters. The molecular weight excluding hydrogens is 316 g/mol. The Bertz CT molecular complexity index is 435. The SMILES string of the molecule is O=C(NCCCNC1CC1)c1ccc(Cl)cc1Br. The summed E-state index contributed by atoms with van der Waals surface area (Å²) < 4.78 is 0.726. The summed E-state index contributed by atoms with van der Waals surface area (Å²) in [5.74, 6) is -0.0648. The van der Waals surface area contributed by atoms with E-state index >= 15 is 0 Å². The van der Waals surface area contributed by atoms with Crippen molar-refractivity contribution in [2.45, 2.75) is 25.3 Å². The van der Waals surface area contributed by atoms with Gasteiger partial charge in [0.05, 0.1) is 5.56 Å². The Hall–Kier alpha value is -0.580. The third-order valence-electron chi connectivity index (χ3n) is 2.83. The lowest BCUT2D eigenvalue weighted by molar-refractivity contribution is 0.0952. The largest absolute Gasteiger partial charge is 0.352 e. The summed E-state index contributed by atoms with van der Waals surface area (Å²) in [5.41, 5.74) is 0.620. The van der Waals surface area contributed by atoms with Crippen LogP contribution in [-0.2, 0) is 0 Å². The molecule has 0 aromatic heterocycles. The maximum absolute atomic E-state index is 11.9. The molecule has 98 valence electrons. The predicted octanol–water partition coefficient (Wildman–Crippen LogP) is 2.97. The van der Waals surface area contributed by atoms with Gasteiger partial charge < -0.3 is 10.6 Å². The van der Waals surface area contributed by atoms with Gasteiger partial charge in [-0.15, -0.1) is 0 Å². The quantitative estimate of drug-likeness (QED) is 0.787. The van der Waals surface area contributed by atoms with Crippen molar-refractivity contribution in [1.29, 1.82) is 0 Å². The average molecular weight is 332 g/mol. The minimum absolute atomic E-state index is 0.0648. The Morgan fingerprint density at radius 1 is 1.39 bits per heavy atom. The molecule has 0 aliphatic heterocycles. The molecule has 0 spiro atoms. The number of hydrogen-bond donors (Lipinski definition) is 2. The summed E-state index contributed by atoms with van der Waals surface area (Å²) in [6.07, 6.45) is 3.54. The summed E-state index contributed by atoms with van der Waals surface area (Å²) in [5, 5.41) is 6.93. The normalized spacial score (nSPS) is 14.6. The monoisotopic (exact) mass is 330 g/mol. The molecule has 5 heteroatoms. The van der Waals surface area contributed by atoms with Crippen molar-refractivity contribution in [3.8, 4) is 0 Å².